The number of hydrogen-bond donors (Lipinski definition) is 3. The van der Waals surface area contributed by atoms with Crippen LogP contribution < -0.4 is 10.6 Å². The Morgan fingerprint density at radius 3 is 2.68 bits per heavy atom. The molecule has 1 saturated heterocycles. The van der Waals surface area contributed by atoms with Crippen molar-refractivity contribution in [1.29, 1.82) is 0 Å². The van der Waals surface area contributed by atoms with Crippen molar-refractivity contribution in [3.05, 3.63) is 54.1 Å². The molecule has 1 aliphatic heterocycles. The molecule has 5 heteroatoms. The van der Waals surface area contributed by atoms with Crippen LogP contribution in [0.15, 0.2) is 42.7 Å². The molecule has 0 radical (unpaired) electrons. The van der Waals surface area contributed by atoms with Crippen LogP contribution in [-0.4, -0.2) is 35.8 Å². The minimum atomic E-state index is -0.314. The third-order valence-electron chi connectivity index (χ3n) is 4.09. The summed E-state index contributed by atoms with van der Waals surface area (Å²) in [6, 6.07) is 9.00. The predicted molar refractivity (Wildman–Crippen MR) is 83.7 cm³/mol. The standard InChI is InChI=1S/C17H20FN3O/c18-16-7-13(12-3-5-19-6-4-12)1-2-14(16)8-20-9-15-10-21-11-17(15)22/h1-7,15,17,20-22H,8-11H2. The van der Waals surface area contributed by atoms with Gasteiger partial charge in [-0.25, -0.2) is 4.39 Å². The Labute approximate surface area is 129 Å². The van der Waals surface area contributed by atoms with E-state index in [0.29, 0.717) is 25.2 Å². The normalized spacial score (nSPS) is 21.2. The van der Waals surface area contributed by atoms with Crippen LogP contribution in [0.4, 0.5) is 4.39 Å². The SMILES string of the molecule is OC1CNCC1CNCc1ccc(-c2ccncc2)cc1F. The van der Waals surface area contributed by atoms with Gasteiger partial charge in [0.2, 0.25) is 0 Å². The number of rotatable bonds is 5. The molecule has 2 atom stereocenters. The van der Waals surface area contributed by atoms with E-state index in [-0.39, 0.29) is 17.8 Å². The molecule has 1 aromatic carbocycles. The van der Waals surface area contributed by atoms with Gasteiger partial charge in [-0.3, -0.25) is 4.98 Å². The molecule has 3 N–H and O–H groups in total. The summed E-state index contributed by atoms with van der Waals surface area (Å²) in [5, 5.41) is 16.1. The Bertz CT molecular complexity index is 621. The zero-order chi connectivity index (χ0) is 15.4. The number of nitrogens with one attached hydrogen (secondary N) is 2. The van der Waals surface area contributed by atoms with Crippen LogP contribution in [-0.2, 0) is 6.54 Å². The van der Waals surface area contributed by atoms with E-state index >= 15 is 0 Å². The van der Waals surface area contributed by atoms with Crippen molar-refractivity contribution < 1.29 is 9.50 Å². The van der Waals surface area contributed by atoms with Gasteiger partial charge in [0.1, 0.15) is 5.82 Å². The van der Waals surface area contributed by atoms with Crippen LogP contribution >= 0.6 is 0 Å². The van der Waals surface area contributed by atoms with E-state index in [1.54, 1.807) is 24.5 Å². The summed E-state index contributed by atoms with van der Waals surface area (Å²) in [6.45, 7) is 2.59. The molecule has 1 fully saturated rings. The number of aliphatic hydroxyl groups excluding tert-OH is 1. The van der Waals surface area contributed by atoms with Crippen LogP contribution in [0, 0.1) is 11.7 Å². The number of β-amino-alcohol motifs (C(OH)–C–C–N with tert-alkyl or cyclic N) is 1. The number of nitrogens with zero attached hydrogens (tertiary/aromatic N) is 1. The van der Waals surface area contributed by atoms with Crippen LogP contribution in [0.3, 0.4) is 0 Å². The Kier molecular flexibility index (Phi) is 4.77. The molecule has 0 amide bonds. The lowest BCUT2D eigenvalue weighted by atomic mass is 10.0. The molecule has 116 valence electrons. The van der Waals surface area contributed by atoms with Crippen LogP contribution in [0.2, 0.25) is 0 Å². The third-order valence-corrected chi connectivity index (χ3v) is 4.09. The van der Waals surface area contributed by atoms with Crippen molar-refractivity contribution in [1.82, 2.24) is 15.6 Å². The molecule has 3 rings (SSSR count). The Hall–Kier alpha value is -1.82. The monoisotopic (exact) mass is 301 g/mol. The summed E-state index contributed by atoms with van der Waals surface area (Å²) in [4.78, 5) is 3.97. The van der Waals surface area contributed by atoms with E-state index in [1.165, 1.54) is 0 Å². The second kappa shape index (κ2) is 6.96. The number of halogens is 1. The zero-order valence-corrected chi connectivity index (χ0v) is 12.3. The van der Waals surface area contributed by atoms with E-state index in [9.17, 15) is 9.50 Å². The molecule has 2 unspecified atom stereocenters. The lowest BCUT2D eigenvalue weighted by molar-refractivity contribution is 0.146. The summed E-state index contributed by atoms with van der Waals surface area (Å²) in [5.41, 5.74) is 2.44. The second-order valence-electron chi connectivity index (χ2n) is 5.66. The van der Waals surface area contributed by atoms with Crippen LogP contribution in [0.5, 0.6) is 0 Å². The van der Waals surface area contributed by atoms with Gasteiger partial charge in [-0.2, -0.15) is 0 Å². The van der Waals surface area contributed by atoms with E-state index in [0.717, 1.165) is 17.7 Å². The molecule has 1 aromatic heterocycles. The topological polar surface area (TPSA) is 57.2 Å². The van der Waals surface area contributed by atoms with Crippen LogP contribution in [0.25, 0.3) is 11.1 Å². The fraction of sp³-hybridized carbons (Fsp3) is 0.353. The van der Waals surface area contributed by atoms with Crippen molar-refractivity contribution in [2.75, 3.05) is 19.6 Å². The molecular weight excluding hydrogens is 281 g/mol. The number of benzene rings is 1. The molecular formula is C17H20FN3O. The van der Waals surface area contributed by atoms with E-state index in [2.05, 4.69) is 15.6 Å². The van der Waals surface area contributed by atoms with Crippen molar-refractivity contribution in [2.45, 2.75) is 12.6 Å². The molecule has 1 aliphatic rings. The van der Waals surface area contributed by atoms with Gasteiger partial charge < -0.3 is 15.7 Å². The maximum atomic E-state index is 14.2. The summed E-state index contributed by atoms with van der Waals surface area (Å²) < 4.78 is 14.2. The molecule has 0 bridgehead atoms. The average Bonchev–Trinajstić information content (AvgIpc) is 2.95. The van der Waals surface area contributed by atoms with Gasteiger partial charge in [0.05, 0.1) is 6.10 Å². The minimum absolute atomic E-state index is 0.194. The summed E-state index contributed by atoms with van der Waals surface area (Å²) in [6.07, 6.45) is 3.08. The van der Waals surface area contributed by atoms with E-state index in [4.69, 9.17) is 0 Å². The molecule has 2 aromatic rings. The van der Waals surface area contributed by atoms with Gasteiger partial charge in [-0.05, 0) is 29.3 Å². The highest BCUT2D eigenvalue weighted by Gasteiger charge is 2.24. The highest BCUT2D eigenvalue weighted by Crippen LogP contribution is 2.21. The Morgan fingerprint density at radius 2 is 2.00 bits per heavy atom. The number of pyridine rings is 1. The number of hydrogen-bond acceptors (Lipinski definition) is 4. The van der Waals surface area contributed by atoms with Crippen molar-refractivity contribution in [3.8, 4) is 11.1 Å². The van der Waals surface area contributed by atoms with Gasteiger partial charge in [-0.15, -0.1) is 0 Å². The Balaban J connectivity index is 1.60. The molecule has 2 heterocycles. The highest BCUT2D eigenvalue weighted by atomic mass is 19.1. The quantitative estimate of drug-likeness (QED) is 0.784. The first-order valence-electron chi connectivity index (χ1n) is 7.52. The maximum absolute atomic E-state index is 14.2. The van der Waals surface area contributed by atoms with E-state index < -0.39 is 0 Å². The largest absolute Gasteiger partial charge is 0.391 e. The summed E-state index contributed by atoms with van der Waals surface area (Å²) in [7, 11) is 0. The van der Waals surface area contributed by atoms with E-state index in [1.807, 2.05) is 18.2 Å². The summed E-state index contributed by atoms with van der Waals surface area (Å²) in [5.74, 6) is -0.0222. The molecule has 22 heavy (non-hydrogen) atoms. The smallest absolute Gasteiger partial charge is 0.128 e. The van der Waals surface area contributed by atoms with Gasteiger partial charge in [0, 0.05) is 50.1 Å². The fourth-order valence-electron chi connectivity index (χ4n) is 2.73. The van der Waals surface area contributed by atoms with Crippen molar-refractivity contribution in [2.24, 2.45) is 5.92 Å². The molecule has 0 spiro atoms. The molecule has 0 saturated carbocycles. The van der Waals surface area contributed by atoms with Crippen molar-refractivity contribution >= 4 is 0 Å². The zero-order valence-electron chi connectivity index (χ0n) is 12.3. The summed E-state index contributed by atoms with van der Waals surface area (Å²) >= 11 is 0. The fourth-order valence-corrected chi connectivity index (χ4v) is 2.73. The Morgan fingerprint density at radius 1 is 1.18 bits per heavy atom. The number of aromatic nitrogens is 1. The third kappa shape index (κ3) is 3.50. The van der Waals surface area contributed by atoms with Gasteiger partial charge in [0.15, 0.2) is 0 Å². The van der Waals surface area contributed by atoms with Crippen LogP contribution in [0.1, 0.15) is 5.56 Å². The predicted octanol–water partition coefficient (Wildman–Crippen LogP) is 1.56. The first-order chi connectivity index (χ1) is 10.7. The van der Waals surface area contributed by atoms with Gasteiger partial charge in [-0.1, -0.05) is 12.1 Å². The van der Waals surface area contributed by atoms with Gasteiger partial charge in [0.25, 0.3) is 0 Å². The highest BCUT2D eigenvalue weighted by molar-refractivity contribution is 5.63. The first-order valence-corrected chi connectivity index (χ1v) is 7.52. The minimum Gasteiger partial charge on any atom is -0.391 e. The maximum Gasteiger partial charge on any atom is 0.128 e. The first kappa shape index (κ1) is 15.1. The molecule has 0 aliphatic carbocycles. The second-order valence-corrected chi connectivity index (χ2v) is 5.66. The lowest BCUT2D eigenvalue weighted by Gasteiger charge is -2.14. The molecule has 4 nitrogen and oxygen atoms in total. The average molecular weight is 301 g/mol. The lowest BCUT2D eigenvalue weighted by Crippen LogP contribution is -2.30. The number of aliphatic hydroxyl groups is 1. The van der Waals surface area contributed by atoms with Crippen molar-refractivity contribution in [3.63, 3.8) is 0 Å². The van der Waals surface area contributed by atoms with Gasteiger partial charge >= 0.3 is 0 Å².